The van der Waals surface area contributed by atoms with Gasteiger partial charge in [-0.15, -0.1) is 0 Å². The largest absolute Gasteiger partial charge is 0.544 e. The zero-order chi connectivity index (χ0) is 13.1. The molecule has 0 aliphatic heterocycles. The van der Waals surface area contributed by atoms with Gasteiger partial charge >= 0.3 is 6.18 Å². The summed E-state index contributed by atoms with van der Waals surface area (Å²) in [5, 5.41) is 18.8. The molecule has 0 spiro atoms. The topological polar surface area (TPSA) is 63.9 Å². The minimum atomic E-state index is -4.61. The molecule has 0 saturated heterocycles. The number of aliphatic carboxylic acids is 1. The van der Waals surface area contributed by atoms with Crippen molar-refractivity contribution in [2.45, 2.75) is 6.18 Å². The highest BCUT2D eigenvalue weighted by Gasteiger charge is 2.32. The Bertz CT molecular complexity index is 512. The number of rotatable bonds is 2. The molecule has 0 radical (unpaired) electrons. The molecule has 0 aromatic heterocycles. The summed E-state index contributed by atoms with van der Waals surface area (Å²) >= 11 is 0. The molecule has 0 aliphatic rings. The number of carboxylic acids is 1. The van der Waals surface area contributed by atoms with Crippen molar-refractivity contribution in [3.05, 3.63) is 41.0 Å². The standard InChI is InChI=1S/C11H6F3NO2/c12-11(13,14)9-4-2-1-3-7(9)5-8(6-15)10(16)17/h1-5H,(H,16,17)/p-1/b8-5+. The Labute approximate surface area is 94.4 Å². The lowest BCUT2D eigenvalue weighted by Crippen LogP contribution is -2.23. The molecule has 1 rings (SSSR count). The van der Waals surface area contributed by atoms with Crippen LogP contribution in [0.2, 0.25) is 0 Å². The second-order valence-corrected chi connectivity index (χ2v) is 3.04. The van der Waals surface area contributed by atoms with Crippen LogP contribution >= 0.6 is 0 Å². The van der Waals surface area contributed by atoms with Crippen molar-refractivity contribution >= 4 is 12.0 Å². The normalized spacial score (nSPS) is 12.0. The first kappa shape index (κ1) is 12.8. The van der Waals surface area contributed by atoms with Crippen molar-refractivity contribution in [1.29, 1.82) is 5.26 Å². The van der Waals surface area contributed by atoms with Crippen molar-refractivity contribution in [2.24, 2.45) is 0 Å². The van der Waals surface area contributed by atoms with E-state index in [1.807, 2.05) is 0 Å². The minimum absolute atomic E-state index is 0.388. The van der Waals surface area contributed by atoms with Crippen LogP contribution in [0, 0.1) is 11.3 Å². The van der Waals surface area contributed by atoms with E-state index >= 15 is 0 Å². The Morgan fingerprint density at radius 1 is 1.35 bits per heavy atom. The van der Waals surface area contributed by atoms with Gasteiger partial charge in [-0.05, 0) is 17.7 Å². The van der Waals surface area contributed by atoms with Gasteiger partial charge in [0.25, 0.3) is 0 Å². The number of benzene rings is 1. The highest BCUT2D eigenvalue weighted by atomic mass is 19.4. The van der Waals surface area contributed by atoms with Gasteiger partial charge in [-0.2, -0.15) is 18.4 Å². The lowest BCUT2D eigenvalue weighted by molar-refractivity contribution is -0.298. The molecule has 0 aliphatic carbocycles. The zero-order valence-corrected chi connectivity index (χ0v) is 8.28. The summed E-state index contributed by atoms with van der Waals surface area (Å²) in [7, 11) is 0. The third kappa shape index (κ3) is 3.08. The van der Waals surface area contributed by atoms with Gasteiger partial charge in [0.2, 0.25) is 0 Å². The summed E-state index contributed by atoms with van der Waals surface area (Å²) in [5.41, 5.74) is -2.25. The molecule has 0 N–H and O–H groups in total. The number of alkyl halides is 3. The Balaban J connectivity index is 3.34. The van der Waals surface area contributed by atoms with Gasteiger partial charge in [-0.3, -0.25) is 0 Å². The first-order valence-corrected chi connectivity index (χ1v) is 4.35. The number of nitrogens with zero attached hydrogens (tertiary/aromatic N) is 1. The van der Waals surface area contributed by atoms with Crippen LogP contribution < -0.4 is 5.11 Å². The van der Waals surface area contributed by atoms with E-state index in [-0.39, 0.29) is 5.56 Å². The molecular weight excluding hydrogens is 235 g/mol. The van der Waals surface area contributed by atoms with E-state index < -0.39 is 23.3 Å². The summed E-state index contributed by atoms with van der Waals surface area (Å²) in [6.45, 7) is 0. The molecule has 0 heterocycles. The summed E-state index contributed by atoms with van der Waals surface area (Å²) in [6.07, 6.45) is -3.97. The van der Waals surface area contributed by atoms with E-state index in [1.165, 1.54) is 18.2 Å². The molecule has 1 aromatic carbocycles. The highest BCUT2D eigenvalue weighted by Crippen LogP contribution is 2.32. The zero-order valence-electron chi connectivity index (χ0n) is 8.28. The predicted molar refractivity (Wildman–Crippen MR) is 50.0 cm³/mol. The number of hydrogen-bond donors (Lipinski definition) is 0. The van der Waals surface area contributed by atoms with Crippen LogP contribution in [0.5, 0.6) is 0 Å². The van der Waals surface area contributed by atoms with E-state index in [0.717, 1.165) is 12.1 Å². The molecule has 0 saturated carbocycles. The van der Waals surface area contributed by atoms with Crippen molar-refractivity contribution in [1.82, 2.24) is 0 Å². The smallest absolute Gasteiger partial charge is 0.416 e. The van der Waals surface area contributed by atoms with Crippen molar-refractivity contribution < 1.29 is 23.1 Å². The van der Waals surface area contributed by atoms with Gasteiger partial charge < -0.3 is 9.90 Å². The molecule has 88 valence electrons. The van der Waals surface area contributed by atoms with E-state index in [4.69, 9.17) is 5.26 Å². The molecular formula is C11H5F3NO2-. The Hall–Kier alpha value is -2.29. The second-order valence-electron chi connectivity index (χ2n) is 3.04. The molecule has 0 bridgehead atoms. The number of halogens is 3. The lowest BCUT2D eigenvalue weighted by Gasteiger charge is -2.10. The van der Waals surface area contributed by atoms with E-state index in [2.05, 4.69) is 0 Å². The van der Waals surface area contributed by atoms with Crippen molar-refractivity contribution in [2.75, 3.05) is 0 Å². The molecule has 0 amide bonds. The molecule has 0 fully saturated rings. The number of carbonyl (C=O) groups excluding carboxylic acids is 1. The lowest BCUT2D eigenvalue weighted by atomic mass is 10.0. The van der Waals surface area contributed by atoms with Crippen LogP contribution in [0.1, 0.15) is 11.1 Å². The van der Waals surface area contributed by atoms with Crippen molar-refractivity contribution in [3.8, 4) is 6.07 Å². The molecule has 17 heavy (non-hydrogen) atoms. The van der Waals surface area contributed by atoms with Crippen LogP contribution in [-0.4, -0.2) is 5.97 Å². The number of carboxylic acid groups (broad SMARTS) is 1. The van der Waals surface area contributed by atoms with Crippen molar-refractivity contribution in [3.63, 3.8) is 0 Å². The molecule has 6 heteroatoms. The maximum Gasteiger partial charge on any atom is 0.416 e. The average molecular weight is 240 g/mol. The Morgan fingerprint density at radius 2 is 1.94 bits per heavy atom. The highest BCUT2D eigenvalue weighted by molar-refractivity contribution is 5.95. The average Bonchev–Trinajstić information content (AvgIpc) is 2.24. The molecule has 0 unspecified atom stereocenters. The Kier molecular flexibility index (Phi) is 3.53. The third-order valence-electron chi connectivity index (χ3n) is 1.91. The number of carbonyl (C=O) groups is 1. The quantitative estimate of drug-likeness (QED) is 0.579. The minimum Gasteiger partial charge on any atom is -0.544 e. The van der Waals surface area contributed by atoms with Gasteiger partial charge in [0.05, 0.1) is 17.1 Å². The van der Waals surface area contributed by atoms with Gasteiger partial charge in [0, 0.05) is 0 Å². The second kappa shape index (κ2) is 4.70. The molecule has 1 aromatic rings. The first-order valence-electron chi connectivity index (χ1n) is 4.35. The van der Waals surface area contributed by atoms with Gasteiger partial charge in [0.15, 0.2) is 0 Å². The van der Waals surface area contributed by atoms with Crippen LogP contribution in [-0.2, 0) is 11.0 Å². The fourth-order valence-electron chi connectivity index (χ4n) is 1.17. The van der Waals surface area contributed by atoms with E-state index in [0.29, 0.717) is 6.08 Å². The van der Waals surface area contributed by atoms with Gasteiger partial charge in [0.1, 0.15) is 6.07 Å². The fraction of sp³-hybridized carbons (Fsp3) is 0.0909. The first-order chi connectivity index (χ1) is 7.86. The fourth-order valence-corrected chi connectivity index (χ4v) is 1.17. The van der Waals surface area contributed by atoms with Gasteiger partial charge in [-0.1, -0.05) is 18.2 Å². The Morgan fingerprint density at radius 3 is 2.41 bits per heavy atom. The monoisotopic (exact) mass is 240 g/mol. The van der Waals surface area contributed by atoms with Crippen LogP contribution in [0.15, 0.2) is 29.8 Å². The molecule has 0 atom stereocenters. The summed E-state index contributed by atoms with van der Waals surface area (Å²) < 4.78 is 37.6. The van der Waals surface area contributed by atoms with Crippen LogP contribution in [0.25, 0.3) is 6.08 Å². The molecule has 3 nitrogen and oxygen atoms in total. The van der Waals surface area contributed by atoms with Crippen LogP contribution in [0.3, 0.4) is 0 Å². The summed E-state index contributed by atoms with van der Waals surface area (Å²) in [4.78, 5) is 10.4. The van der Waals surface area contributed by atoms with Crippen LogP contribution in [0.4, 0.5) is 13.2 Å². The maximum atomic E-state index is 12.5. The predicted octanol–water partition coefficient (Wildman–Crippen LogP) is 1.36. The van der Waals surface area contributed by atoms with Gasteiger partial charge in [-0.25, -0.2) is 0 Å². The number of nitriles is 1. The SMILES string of the molecule is N#C/C(=C\c1ccccc1C(F)(F)F)C(=O)[O-]. The summed E-state index contributed by atoms with van der Waals surface area (Å²) in [6, 6.07) is 5.62. The van der Waals surface area contributed by atoms with E-state index in [9.17, 15) is 23.1 Å². The van der Waals surface area contributed by atoms with E-state index in [1.54, 1.807) is 0 Å². The third-order valence-corrected chi connectivity index (χ3v) is 1.91. The number of hydrogen-bond acceptors (Lipinski definition) is 3. The summed E-state index contributed by atoms with van der Waals surface area (Å²) in [5.74, 6) is -1.82. The maximum absolute atomic E-state index is 12.5.